The average molecular weight is 539 g/mol. The smallest absolute Gasteiger partial charge is 0.338 e. The molecule has 0 aliphatic carbocycles. The van der Waals surface area contributed by atoms with Crippen LogP contribution in [-0.4, -0.2) is 78.5 Å². The first-order chi connectivity index (χ1) is 18.8. The van der Waals surface area contributed by atoms with Gasteiger partial charge in [-0.3, -0.25) is 14.6 Å². The monoisotopic (exact) mass is 538 g/mol. The number of halogens is 2. The largest absolute Gasteiger partial charge is 0.463 e. The molecule has 2 aromatic rings. The predicted octanol–water partition coefficient (Wildman–Crippen LogP) is 3.88. The molecule has 1 fully saturated rings. The van der Waals surface area contributed by atoms with Crippen LogP contribution < -0.4 is 5.32 Å². The Bertz CT molecular complexity index is 1260. The number of esters is 1. The van der Waals surface area contributed by atoms with E-state index in [9.17, 15) is 23.2 Å². The highest BCUT2D eigenvalue weighted by atomic mass is 19.1. The number of urea groups is 1. The Morgan fingerprint density at radius 3 is 2.54 bits per heavy atom. The minimum atomic E-state index is -0.828. The predicted molar refractivity (Wildman–Crippen MR) is 142 cm³/mol. The lowest BCUT2D eigenvalue weighted by Crippen LogP contribution is -2.51. The zero-order valence-electron chi connectivity index (χ0n) is 21.9. The average Bonchev–Trinajstić information content (AvgIpc) is 3.16. The summed E-state index contributed by atoms with van der Waals surface area (Å²) in [6, 6.07) is 10.00. The van der Waals surface area contributed by atoms with E-state index in [4.69, 9.17) is 4.74 Å². The molecular weight excluding hydrogens is 506 g/mol. The second kappa shape index (κ2) is 12.7. The van der Waals surface area contributed by atoms with Crippen molar-refractivity contribution in [2.45, 2.75) is 19.4 Å². The first-order valence-electron chi connectivity index (χ1n) is 12.9. The van der Waals surface area contributed by atoms with Gasteiger partial charge in [-0.2, -0.15) is 0 Å². The molecule has 206 valence electrons. The fourth-order valence-corrected chi connectivity index (χ4v) is 4.90. The Labute approximate surface area is 226 Å². The maximum atomic E-state index is 13.7. The van der Waals surface area contributed by atoms with E-state index in [2.05, 4.69) is 16.8 Å². The summed E-state index contributed by atoms with van der Waals surface area (Å²) in [6.45, 7) is 7.98. The number of hydrogen-bond acceptors (Lipinski definition) is 5. The van der Waals surface area contributed by atoms with Crippen LogP contribution in [0.4, 0.5) is 13.6 Å². The Morgan fingerprint density at radius 2 is 1.85 bits per heavy atom. The lowest BCUT2D eigenvalue weighted by atomic mass is 9.94. The fourth-order valence-electron chi connectivity index (χ4n) is 4.90. The molecular formula is C29H32F2N4O4. The summed E-state index contributed by atoms with van der Waals surface area (Å²) in [5.41, 5.74) is 1.57. The van der Waals surface area contributed by atoms with Crippen molar-refractivity contribution in [2.24, 2.45) is 0 Å². The summed E-state index contributed by atoms with van der Waals surface area (Å²) >= 11 is 0. The topological polar surface area (TPSA) is 82.2 Å². The molecule has 8 nitrogen and oxygen atoms in total. The normalized spacial score (nSPS) is 18.4. The minimum absolute atomic E-state index is 0.141. The summed E-state index contributed by atoms with van der Waals surface area (Å²) in [4.78, 5) is 44.7. The highest BCUT2D eigenvalue weighted by molar-refractivity contribution is 5.95. The molecule has 1 saturated heterocycles. The fraction of sp³-hybridized carbons (Fsp3) is 0.345. The highest BCUT2D eigenvalue weighted by Gasteiger charge is 2.38. The van der Waals surface area contributed by atoms with E-state index in [-0.39, 0.29) is 31.2 Å². The molecule has 0 aromatic heterocycles. The molecule has 1 N–H and O–H groups in total. The number of amides is 3. The number of rotatable bonds is 8. The van der Waals surface area contributed by atoms with E-state index in [1.165, 1.54) is 47.4 Å². The third kappa shape index (κ3) is 6.51. The van der Waals surface area contributed by atoms with Gasteiger partial charge in [0.15, 0.2) is 0 Å². The Hall–Kier alpha value is -4.05. The van der Waals surface area contributed by atoms with Crippen LogP contribution in [0.15, 0.2) is 72.5 Å². The molecule has 39 heavy (non-hydrogen) atoms. The third-order valence-electron chi connectivity index (χ3n) is 6.77. The summed E-state index contributed by atoms with van der Waals surface area (Å²) < 4.78 is 32.7. The molecule has 0 bridgehead atoms. The van der Waals surface area contributed by atoms with Crippen LogP contribution in [0.3, 0.4) is 0 Å². The molecule has 0 spiro atoms. The molecule has 1 atom stereocenters. The molecule has 2 aliphatic rings. The van der Waals surface area contributed by atoms with Gasteiger partial charge in [0, 0.05) is 50.5 Å². The van der Waals surface area contributed by atoms with Crippen molar-refractivity contribution in [3.8, 4) is 0 Å². The quantitative estimate of drug-likeness (QED) is 0.408. The van der Waals surface area contributed by atoms with E-state index in [0.29, 0.717) is 49.4 Å². The Kier molecular flexibility index (Phi) is 9.08. The maximum Gasteiger partial charge on any atom is 0.338 e. The van der Waals surface area contributed by atoms with Gasteiger partial charge in [-0.1, -0.05) is 24.3 Å². The van der Waals surface area contributed by atoms with Crippen LogP contribution >= 0.6 is 0 Å². The highest BCUT2D eigenvalue weighted by Crippen LogP contribution is 2.32. The maximum absolute atomic E-state index is 13.7. The molecule has 2 aliphatic heterocycles. The van der Waals surface area contributed by atoms with E-state index in [0.717, 1.165) is 0 Å². The lowest BCUT2D eigenvalue weighted by Gasteiger charge is -2.38. The number of nitrogens with zero attached hydrogens (tertiary/aromatic N) is 3. The van der Waals surface area contributed by atoms with E-state index >= 15 is 0 Å². The Balaban J connectivity index is 1.64. The molecule has 4 rings (SSSR count). The van der Waals surface area contributed by atoms with Gasteiger partial charge in [-0.25, -0.2) is 18.4 Å². The van der Waals surface area contributed by atoms with Crippen LogP contribution in [-0.2, 0) is 9.53 Å². The second-order valence-corrected chi connectivity index (χ2v) is 9.35. The van der Waals surface area contributed by atoms with Gasteiger partial charge in [0.25, 0.3) is 5.91 Å². The standard InChI is InChI=1S/C29H32F2N4O4/c1-3-13-35-24(19-33-14-6-15-34(17-16-33)27(36)21-7-5-8-23(31)18-21)25(28(37)39-4-2)26(32-29(35)38)20-9-11-22(30)12-10-20/h3,5,7-12,18,26H,1,4,6,13-17,19H2,2H3,(H,32,38). The van der Waals surface area contributed by atoms with Crippen molar-refractivity contribution >= 4 is 17.9 Å². The van der Waals surface area contributed by atoms with Crippen LogP contribution in [0.25, 0.3) is 0 Å². The van der Waals surface area contributed by atoms with Crippen molar-refractivity contribution in [2.75, 3.05) is 45.9 Å². The first kappa shape index (κ1) is 28.0. The first-order valence-corrected chi connectivity index (χ1v) is 12.9. The van der Waals surface area contributed by atoms with Gasteiger partial charge in [-0.15, -0.1) is 6.58 Å². The molecule has 0 saturated carbocycles. The van der Waals surface area contributed by atoms with E-state index in [1.807, 2.05) is 0 Å². The van der Waals surface area contributed by atoms with Crippen molar-refractivity contribution in [1.29, 1.82) is 0 Å². The number of carbonyl (C=O) groups is 3. The molecule has 2 aromatic carbocycles. The van der Waals surface area contributed by atoms with Crippen LogP contribution in [0.5, 0.6) is 0 Å². The molecule has 1 unspecified atom stereocenters. The zero-order valence-corrected chi connectivity index (χ0v) is 21.9. The number of ether oxygens (including phenoxy) is 1. The minimum Gasteiger partial charge on any atom is -0.463 e. The van der Waals surface area contributed by atoms with Gasteiger partial charge in [-0.05, 0) is 49.2 Å². The molecule has 2 heterocycles. The molecule has 3 amide bonds. The van der Waals surface area contributed by atoms with Gasteiger partial charge >= 0.3 is 12.0 Å². The van der Waals surface area contributed by atoms with Crippen LogP contribution in [0.2, 0.25) is 0 Å². The second-order valence-electron chi connectivity index (χ2n) is 9.35. The van der Waals surface area contributed by atoms with Crippen molar-refractivity contribution < 1.29 is 27.9 Å². The summed E-state index contributed by atoms with van der Waals surface area (Å²) in [5.74, 6) is -1.72. The van der Waals surface area contributed by atoms with Crippen LogP contribution in [0, 0.1) is 11.6 Å². The SMILES string of the molecule is C=CCN1C(=O)NC(c2ccc(F)cc2)C(C(=O)OCC)=C1CN1CCCN(C(=O)c2cccc(F)c2)CC1. The molecule has 10 heteroatoms. The number of carbonyl (C=O) groups excluding carboxylic acids is 3. The summed E-state index contributed by atoms with van der Waals surface area (Å²) in [7, 11) is 0. The summed E-state index contributed by atoms with van der Waals surface area (Å²) in [6.07, 6.45) is 2.22. The van der Waals surface area contributed by atoms with Crippen molar-refractivity contribution in [3.05, 3.63) is 95.2 Å². The van der Waals surface area contributed by atoms with Gasteiger partial charge in [0.2, 0.25) is 0 Å². The van der Waals surface area contributed by atoms with Crippen molar-refractivity contribution in [1.82, 2.24) is 20.0 Å². The number of hydrogen-bond donors (Lipinski definition) is 1. The number of nitrogens with one attached hydrogen (secondary N) is 1. The van der Waals surface area contributed by atoms with Gasteiger partial charge in [0.1, 0.15) is 11.6 Å². The third-order valence-corrected chi connectivity index (χ3v) is 6.77. The van der Waals surface area contributed by atoms with Crippen LogP contribution in [0.1, 0.15) is 35.3 Å². The lowest BCUT2D eigenvalue weighted by molar-refractivity contribution is -0.139. The Morgan fingerprint density at radius 1 is 1.08 bits per heavy atom. The number of benzene rings is 2. The zero-order chi connectivity index (χ0) is 27.9. The van der Waals surface area contributed by atoms with Crippen molar-refractivity contribution in [3.63, 3.8) is 0 Å². The van der Waals surface area contributed by atoms with E-state index in [1.54, 1.807) is 24.0 Å². The van der Waals surface area contributed by atoms with E-state index < -0.39 is 29.7 Å². The van der Waals surface area contributed by atoms with Gasteiger partial charge < -0.3 is 15.0 Å². The molecule has 0 radical (unpaired) electrons. The summed E-state index contributed by atoms with van der Waals surface area (Å²) in [5, 5.41) is 2.86. The van der Waals surface area contributed by atoms with Gasteiger partial charge in [0.05, 0.1) is 18.2 Å².